The maximum absolute atomic E-state index is 12.7. The van der Waals surface area contributed by atoms with E-state index < -0.39 is 0 Å². The molecule has 0 radical (unpaired) electrons. The van der Waals surface area contributed by atoms with Crippen molar-refractivity contribution in [2.75, 3.05) is 6.54 Å². The van der Waals surface area contributed by atoms with Crippen molar-refractivity contribution in [1.29, 1.82) is 0 Å². The predicted octanol–water partition coefficient (Wildman–Crippen LogP) is 3.85. The summed E-state index contributed by atoms with van der Waals surface area (Å²) in [5.74, 6) is 0.744. The number of benzene rings is 2. The number of nitrogens with one attached hydrogen (secondary N) is 1. The Morgan fingerprint density at radius 1 is 1.00 bits per heavy atom. The highest BCUT2D eigenvalue weighted by Crippen LogP contribution is 2.48. The summed E-state index contributed by atoms with van der Waals surface area (Å²) in [6.45, 7) is 5.47. The number of H-pyrrole nitrogens is 1. The topological polar surface area (TPSA) is 49.5 Å². The number of para-hydroxylation sites is 1. The minimum Gasteiger partial charge on any atom is -0.353 e. The molecule has 1 saturated carbocycles. The molecule has 2 aromatic carbocycles. The normalized spacial score (nSPS) is 27.0. The van der Waals surface area contributed by atoms with Gasteiger partial charge in [-0.1, -0.05) is 62.4 Å². The maximum Gasteiger partial charge on any atom is 0.144 e. The minimum absolute atomic E-state index is 0.0416. The van der Waals surface area contributed by atoms with Gasteiger partial charge in [-0.15, -0.1) is 0 Å². The molecule has 2 atom stereocenters. The van der Waals surface area contributed by atoms with Crippen molar-refractivity contribution >= 4 is 16.7 Å². The predicted molar refractivity (Wildman–Crippen MR) is 108 cm³/mol. The van der Waals surface area contributed by atoms with E-state index in [9.17, 15) is 4.79 Å². The summed E-state index contributed by atoms with van der Waals surface area (Å²) in [6.07, 6.45) is 2.37. The number of ketones is 1. The number of nitrogens with two attached hydrogens (primary N) is 1. The van der Waals surface area contributed by atoms with Gasteiger partial charge in [0.25, 0.3) is 0 Å². The summed E-state index contributed by atoms with van der Waals surface area (Å²) >= 11 is 0. The molecule has 27 heavy (non-hydrogen) atoms. The van der Waals surface area contributed by atoms with E-state index in [1.165, 1.54) is 27.7 Å². The van der Waals surface area contributed by atoms with Gasteiger partial charge in [0.05, 0.1) is 24.6 Å². The summed E-state index contributed by atoms with van der Waals surface area (Å²) < 4.78 is 0. The number of aromatic nitrogens is 1. The van der Waals surface area contributed by atoms with Crippen LogP contribution in [0.5, 0.6) is 0 Å². The maximum atomic E-state index is 12.7. The zero-order valence-corrected chi connectivity index (χ0v) is 16.1. The lowest BCUT2D eigenvalue weighted by molar-refractivity contribution is -0.744. The number of hydrogen-bond acceptors (Lipinski definition) is 1. The molecule has 5 rings (SSSR count). The van der Waals surface area contributed by atoms with Crippen LogP contribution in [-0.4, -0.2) is 17.3 Å². The van der Waals surface area contributed by atoms with Gasteiger partial charge in [-0.05, 0) is 17.0 Å². The summed E-state index contributed by atoms with van der Waals surface area (Å²) in [5, 5.41) is 3.77. The van der Waals surface area contributed by atoms with Gasteiger partial charge in [-0.2, -0.15) is 0 Å². The Labute approximate surface area is 160 Å². The van der Waals surface area contributed by atoms with Crippen LogP contribution in [0.1, 0.15) is 55.8 Å². The molecule has 0 bridgehead atoms. The van der Waals surface area contributed by atoms with Crippen LogP contribution in [-0.2, 0) is 10.3 Å². The standard InChI is InChI=1S/C24H26N2O/c1-23(2)12-17(27)13-24(15-23)22-21(18-10-6-7-11-20(18)26-22)19(14-25-24)16-8-4-3-5-9-16/h3-11,19,25-26H,12-15H2,1-2H3/p+1/t19-,24+/m0/s1. The third-order valence-corrected chi connectivity index (χ3v) is 6.52. The molecule has 1 aromatic heterocycles. The highest BCUT2D eigenvalue weighted by atomic mass is 16.1. The number of carbonyl (C=O) groups excluding carboxylic acids is 1. The third kappa shape index (κ3) is 2.64. The van der Waals surface area contributed by atoms with Gasteiger partial charge in [0.1, 0.15) is 11.3 Å². The van der Waals surface area contributed by atoms with E-state index in [0.717, 1.165) is 13.0 Å². The van der Waals surface area contributed by atoms with Crippen molar-refractivity contribution in [3.63, 3.8) is 0 Å². The van der Waals surface area contributed by atoms with Crippen LogP contribution in [0.15, 0.2) is 54.6 Å². The summed E-state index contributed by atoms with van der Waals surface area (Å²) in [7, 11) is 0. The smallest absolute Gasteiger partial charge is 0.144 e. The molecule has 1 aliphatic carbocycles. The average molecular weight is 359 g/mol. The van der Waals surface area contributed by atoms with E-state index in [-0.39, 0.29) is 11.0 Å². The Morgan fingerprint density at radius 3 is 2.52 bits per heavy atom. The quantitative estimate of drug-likeness (QED) is 0.681. The van der Waals surface area contributed by atoms with Crippen LogP contribution in [0.25, 0.3) is 10.9 Å². The molecule has 3 N–H and O–H groups in total. The van der Waals surface area contributed by atoms with Crippen LogP contribution < -0.4 is 5.32 Å². The Hall–Kier alpha value is -2.39. The van der Waals surface area contributed by atoms with Crippen LogP contribution in [0.3, 0.4) is 0 Å². The van der Waals surface area contributed by atoms with E-state index in [4.69, 9.17) is 0 Å². The average Bonchev–Trinajstić information content (AvgIpc) is 3.02. The Morgan fingerprint density at radius 2 is 1.74 bits per heavy atom. The monoisotopic (exact) mass is 359 g/mol. The third-order valence-electron chi connectivity index (χ3n) is 6.52. The molecule has 0 unspecified atom stereocenters. The molecule has 1 fully saturated rings. The molecule has 3 aromatic rings. The van der Waals surface area contributed by atoms with Gasteiger partial charge in [0, 0.05) is 29.3 Å². The van der Waals surface area contributed by atoms with Crippen molar-refractivity contribution < 1.29 is 10.1 Å². The number of Topliss-reactive ketones (excluding diaryl/α,β-unsaturated/α-hetero) is 1. The van der Waals surface area contributed by atoms with Gasteiger partial charge < -0.3 is 10.3 Å². The summed E-state index contributed by atoms with van der Waals surface area (Å²) in [4.78, 5) is 16.4. The van der Waals surface area contributed by atoms with E-state index in [1.54, 1.807) is 0 Å². The highest BCUT2D eigenvalue weighted by Gasteiger charge is 2.53. The van der Waals surface area contributed by atoms with Gasteiger partial charge in [-0.25, -0.2) is 0 Å². The van der Waals surface area contributed by atoms with Gasteiger partial charge in [0.2, 0.25) is 0 Å². The Bertz CT molecular complexity index is 1020. The summed E-state index contributed by atoms with van der Waals surface area (Å²) in [5.41, 5.74) is 5.12. The Kier molecular flexibility index (Phi) is 3.60. The lowest BCUT2D eigenvalue weighted by atomic mass is 9.63. The minimum atomic E-state index is -0.154. The van der Waals surface area contributed by atoms with Gasteiger partial charge >= 0.3 is 0 Å². The SMILES string of the molecule is CC1(C)CC(=O)C[C@]2(C1)[NH2+]C[C@@H](c1ccccc1)c1c2[nH]c2ccccc12. The van der Waals surface area contributed by atoms with Gasteiger partial charge in [0.15, 0.2) is 0 Å². The molecule has 0 saturated heterocycles. The number of carbonyl (C=O) groups is 1. The van der Waals surface area contributed by atoms with E-state index >= 15 is 0 Å². The first-order valence-corrected chi connectivity index (χ1v) is 10.00. The fraction of sp³-hybridized carbons (Fsp3) is 0.375. The molecule has 3 nitrogen and oxygen atoms in total. The second-order valence-electron chi connectivity index (χ2n) is 9.25. The number of rotatable bonds is 1. The first-order chi connectivity index (χ1) is 13.0. The molecular weight excluding hydrogens is 332 g/mol. The van der Waals surface area contributed by atoms with Crippen molar-refractivity contribution in [2.24, 2.45) is 5.41 Å². The van der Waals surface area contributed by atoms with Crippen LogP contribution in [0.4, 0.5) is 0 Å². The molecular formula is C24H27N2O+. The molecule has 1 aliphatic heterocycles. The van der Waals surface area contributed by atoms with Crippen molar-refractivity contribution in [2.45, 2.75) is 44.6 Å². The Balaban J connectivity index is 1.74. The summed E-state index contributed by atoms with van der Waals surface area (Å²) in [6, 6.07) is 19.4. The van der Waals surface area contributed by atoms with Crippen LogP contribution >= 0.6 is 0 Å². The zero-order valence-electron chi connectivity index (χ0n) is 16.1. The van der Waals surface area contributed by atoms with Crippen molar-refractivity contribution in [1.82, 2.24) is 4.98 Å². The molecule has 2 heterocycles. The molecule has 138 valence electrons. The van der Waals surface area contributed by atoms with E-state index in [1.807, 2.05) is 0 Å². The fourth-order valence-corrected chi connectivity index (χ4v) is 5.72. The number of fused-ring (bicyclic) bond motifs is 4. The molecule has 2 aliphatic rings. The largest absolute Gasteiger partial charge is 0.353 e. The van der Waals surface area contributed by atoms with Gasteiger partial charge in [-0.3, -0.25) is 4.79 Å². The lowest BCUT2D eigenvalue weighted by Gasteiger charge is -2.45. The van der Waals surface area contributed by atoms with Crippen LogP contribution in [0.2, 0.25) is 0 Å². The molecule has 0 amide bonds. The first-order valence-electron chi connectivity index (χ1n) is 10.00. The van der Waals surface area contributed by atoms with E-state index in [0.29, 0.717) is 24.5 Å². The molecule has 3 heteroatoms. The zero-order chi connectivity index (χ0) is 18.6. The van der Waals surface area contributed by atoms with E-state index in [2.05, 4.69) is 78.7 Å². The van der Waals surface area contributed by atoms with Crippen molar-refractivity contribution in [3.05, 3.63) is 71.4 Å². The first kappa shape index (κ1) is 16.8. The lowest BCUT2D eigenvalue weighted by Crippen LogP contribution is -2.98. The van der Waals surface area contributed by atoms with Crippen LogP contribution in [0, 0.1) is 5.41 Å². The second-order valence-corrected chi connectivity index (χ2v) is 9.25. The second kappa shape index (κ2) is 5.80. The number of hydrogen-bond donors (Lipinski definition) is 2. The highest BCUT2D eigenvalue weighted by molar-refractivity contribution is 5.88. The molecule has 1 spiro atoms. The van der Waals surface area contributed by atoms with Crippen molar-refractivity contribution in [3.8, 4) is 0 Å². The number of quaternary nitrogens is 1. The fourth-order valence-electron chi connectivity index (χ4n) is 5.72. The number of aromatic amines is 1.